The summed E-state index contributed by atoms with van der Waals surface area (Å²) in [7, 11) is 1.66. The van der Waals surface area contributed by atoms with Crippen molar-refractivity contribution in [2.45, 2.75) is 31.1 Å². The van der Waals surface area contributed by atoms with E-state index in [-0.39, 0.29) is 0 Å². The maximum absolute atomic E-state index is 10.8. The van der Waals surface area contributed by atoms with Crippen LogP contribution in [0.1, 0.15) is 20.3 Å². The minimum Gasteiger partial charge on any atom is -0.480 e. The number of methoxy groups -OCH3 is 1. The fourth-order valence-electron chi connectivity index (χ4n) is 1.16. The lowest BCUT2D eigenvalue weighted by Crippen LogP contribution is -2.47. The molecule has 0 aliphatic carbocycles. The van der Waals surface area contributed by atoms with Crippen molar-refractivity contribution < 1.29 is 19.4 Å². The van der Waals surface area contributed by atoms with Crippen LogP contribution in [0, 0.1) is 0 Å². The molecule has 0 bridgehead atoms. The summed E-state index contributed by atoms with van der Waals surface area (Å²) in [4.78, 5) is 10.8. The van der Waals surface area contributed by atoms with Crippen molar-refractivity contribution in [1.29, 1.82) is 0 Å². The monoisotopic (exact) mass is 265 g/mol. The minimum absolute atomic E-state index is 0.484. The Labute approximate surface area is 107 Å². The lowest BCUT2D eigenvalue weighted by Gasteiger charge is -2.27. The van der Waals surface area contributed by atoms with E-state index < -0.39 is 16.8 Å². The van der Waals surface area contributed by atoms with Gasteiger partial charge in [-0.3, -0.25) is 4.79 Å². The van der Waals surface area contributed by atoms with Crippen molar-refractivity contribution in [2.24, 2.45) is 5.73 Å². The Balaban J connectivity index is 3.62. The van der Waals surface area contributed by atoms with Crippen molar-refractivity contribution in [3.05, 3.63) is 0 Å². The van der Waals surface area contributed by atoms with Crippen LogP contribution in [0.2, 0.25) is 0 Å². The Kier molecular flexibility index (Phi) is 8.59. The first-order valence-electron chi connectivity index (χ1n) is 5.61. The fraction of sp³-hybridized carbons (Fsp3) is 0.909. The number of carbonyl (C=O) groups is 1. The van der Waals surface area contributed by atoms with Gasteiger partial charge in [-0.25, -0.2) is 0 Å². The molecule has 0 aromatic carbocycles. The molecule has 5 nitrogen and oxygen atoms in total. The number of nitrogens with two attached hydrogens (primary N) is 1. The second-order valence-corrected chi connectivity index (χ2v) is 5.98. The minimum atomic E-state index is -0.969. The quantitative estimate of drug-likeness (QED) is 0.573. The van der Waals surface area contributed by atoms with E-state index in [0.29, 0.717) is 19.8 Å². The van der Waals surface area contributed by atoms with Gasteiger partial charge in [-0.1, -0.05) is 0 Å². The first-order valence-corrected chi connectivity index (χ1v) is 6.59. The predicted octanol–water partition coefficient (Wildman–Crippen LogP) is 0.963. The highest BCUT2D eigenvalue weighted by atomic mass is 32.2. The van der Waals surface area contributed by atoms with E-state index in [9.17, 15) is 4.79 Å². The number of rotatable bonds is 10. The molecule has 0 fully saturated rings. The van der Waals surface area contributed by atoms with Gasteiger partial charge in [-0.2, -0.15) is 11.8 Å². The van der Waals surface area contributed by atoms with Gasteiger partial charge in [0.1, 0.15) is 6.04 Å². The van der Waals surface area contributed by atoms with Crippen LogP contribution in [-0.4, -0.2) is 54.5 Å². The third kappa shape index (κ3) is 7.59. The summed E-state index contributed by atoms with van der Waals surface area (Å²) in [5, 5.41) is 8.83. The van der Waals surface area contributed by atoms with Crippen LogP contribution >= 0.6 is 11.8 Å². The highest BCUT2D eigenvalue weighted by molar-refractivity contribution is 8.00. The highest BCUT2D eigenvalue weighted by Gasteiger charge is 2.32. The van der Waals surface area contributed by atoms with Gasteiger partial charge in [0.2, 0.25) is 0 Å². The molecule has 0 unspecified atom stereocenters. The van der Waals surface area contributed by atoms with Crippen LogP contribution in [0.5, 0.6) is 0 Å². The summed E-state index contributed by atoms with van der Waals surface area (Å²) in [5.41, 5.74) is 5.60. The van der Waals surface area contributed by atoms with Gasteiger partial charge in [0, 0.05) is 30.8 Å². The zero-order valence-electron chi connectivity index (χ0n) is 10.8. The van der Waals surface area contributed by atoms with Crippen LogP contribution in [0.15, 0.2) is 0 Å². The Morgan fingerprint density at radius 1 is 1.41 bits per heavy atom. The van der Waals surface area contributed by atoms with Crippen molar-refractivity contribution >= 4 is 17.7 Å². The van der Waals surface area contributed by atoms with Gasteiger partial charge in [0.05, 0.1) is 6.61 Å². The molecule has 0 heterocycles. The molecule has 0 saturated carbocycles. The van der Waals surface area contributed by atoms with Crippen molar-refractivity contribution in [3.8, 4) is 0 Å². The number of carboxylic acid groups (broad SMARTS) is 1. The van der Waals surface area contributed by atoms with Gasteiger partial charge >= 0.3 is 5.97 Å². The first kappa shape index (κ1) is 16.7. The van der Waals surface area contributed by atoms with Crippen LogP contribution in [0.25, 0.3) is 0 Å². The van der Waals surface area contributed by atoms with E-state index >= 15 is 0 Å². The van der Waals surface area contributed by atoms with Gasteiger partial charge < -0.3 is 20.3 Å². The molecule has 0 saturated heterocycles. The molecular weight excluding hydrogens is 242 g/mol. The number of carboxylic acids is 1. The molecule has 0 aliphatic rings. The maximum atomic E-state index is 10.8. The molecule has 0 amide bonds. The smallest absolute Gasteiger partial charge is 0.321 e. The van der Waals surface area contributed by atoms with Crippen molar-refractivity contribution in [3.63, 3.8) is 0 Å². The number of thioether (sulfide) groups is 1. The number of ether oxygens (including phenoxy) is 2. The lowest BCUT2D eigenvalue weighted by atomic mass is 10.1. The molecular formula is C11H23NO4S. The van der Waals surface area contributed by atoms with E-state index in [4.69, 9.17) is 20.3 Å². The van der Waals surface area contributed by atoms with E-state index in [2.05, 4.69) is 0 Å². The summed E-state index contributed by atoms with van der Waals surface area (Å²) in [6, 6.07) is -0.860. The molecule has 0 spiro atoms. The average Bonchev–Trinajstić information content (AvgIpc) is 2.26. The summed E-state index contributed by atoms with van der Waals surface area (Å²) in [6.45, 7) is 5.63. The predicted molar refractivity (Wildman–Crippen MR) is 69.5 cm³/mol. The molecule has 0 aliphatic heterocycles. The second kappa shape index (κ2) is 8.74. The van der Waals surface area contributed by atoms with Crippen LogP contribution < -0.4 is 5.73 Å². The van der Waals surface area contributed by atoms with Gasteiger partial charge in [-0.05, 0) is 20.3 Å². The third-order valence-corrected chi connectivity index (χ3v) is 3.72. The molecule has 0 aromatic heterocycles. The average molecular weight is 265 g/mol. The van der Waals surface area contributed by atoms with Gasteiger partial charge in [0.25, 0.3) is 0 Å². The highest BCUT2D eigenvalue weighted by Crippen LogP contribution is 2.27. The normalized spacial score (nSPS) is 13.6. The summed E-state index contributed by atoms with van der Waals surface area (Å²) >= 11 is 1.52. The molecule has 0 radical (unpaired) electrons. The first-order chi connectivity index (χ1) is 7.91. The molecule has 102 valence electrons. The summed E-state index contributed by atoms with van der Waals surface area (Å²) < 4.78 is 9.79. The van der Waals surface area contributed by atoms with Crippen LogP contribution in [-0.2, 0) is 14.3 Å². The fourth-order valence-corrected chi connectivity index (χ4v) is 2.17. The summed E-state index contributed by atoms with van der Waals surface area (Å²) in [5.74, 6) is -0.232. The topological polar surface area (TPSA) is 81.8 Å². The zero-order valence-corrected chi connectivity index (χ0v) is 11.6. The third-order valence-electron chi connectivity index (χ3n) is 2.35. The van der Waals surface area contributed by atoms with Crippen molar-refractivity contribution in [1.82, 2.24) is 0 Å². The van der Waals surface area contributed by atoms with E-state index in [1.165, 1.54) is 11.8 Å². The largest absolute Gasteiger partial charge is 0.480 e. The van der Waals surface area contributed by atoms with Crippen molar-refractivity contribution in [2.75, 3.05) is 32.7 Å². The summed E-state index contributed by atoms with van der Waals surface area (Å²) in [6.07, 6.45) is 0.874. The number of hydrogen-bond acceptors (Lipinski definition) is 5. The molecule has 6 heteroatoms. The zero-order chi connectivity index (χ0) is 13.3. The van der Waals surface area contributed by atoms with E-state index in [0.717, 1.165) is 12.2 Å². The van der Waals surface area contributed by atoms with Crippen LogP contribution in [0.4, 0.5) is 0 Å². The second-order valence-electron chi connectivity index (χ2n) is 4.23. The Morgan fingerprint density at radius 3 is 2.59 bits per heavy atom. The number of aliphatic carboxylic acids is 1. The Morgan fingerprint density at radius 2 is 2.06 bits per heavy atom. The van der Waals surface area contributed by atoms with Gasteiger partial charge in [-0.15, -0.1) is 0 Å². The Bertz CT molecular complexity index is 224. The molecule has 0 rings (SSSR count). The molecule has 0 aromatic rings. The molecule has 17 heavy (non-hydrogen) atoms. The SMILES string of the molecule is COCCCOCCSC(C)(C)[C@H](N)C(=O)O. The van der Waals surface area contributed by atoms with Crippen LogP contribution in [0.3, 0.4) is 0 Å². The molecule has 3 N–H and O–H groups in total. The standard InChI is InChI=1S/C11H23NO4S/c1-11(2,9(12)10(13)14)17-8-7-16-6-4-5-15-3/h9H,4-8,12H2,1-3H3,(H,13,14)/t9-/m1/s1. The van der Waals surface area contributed by atoms with E-state index in [1.54, 1.807) is 7.11 Å². The number of hydrogen-bond donors (Lipinski definition) is 2. The molecule has 1 atom stereocenters. The maximum Gasteiger partial charge on any atom is 0.321 e. The van der Waals surface area contributed by atoms with Gasteiger partial charge in [0.15, 0.2) is 0 Å². The van der Waals surface area contributed by atoms with E-state index in [1.807, 2.05) is 13.8 Å². The Hall–Kier alpha value is -0.300. The lowest BCUT2D eigenvalue weighted by molar-refractivity contribution is -0.139.